The van der Waals surface area contributed by atoms with Gasteiger partial charge in [0.05, 0.1) is 23.5 Å². The first-order valence-corrected chi connectivity index (χ1v) is 9.02. The maximum absolute atomic E-state index is 14.8. The maximum Gasteiger partial charge on any atom is 0.313 e. The number of carbonyl (C=O) groups excluding carboxylic acids is 3. The number of aromatic nitrogens is 1. The van der Waals surface area contributed by atoms with Gasteiger partial charge >= 0.3 is 11.8 Å². The van der Waals surface area contributed by atoms with Crippen LogP contribution in [-0.2, 0) is 9.59 Å². The molecule has 1 saturated heterocycles. The van der Waals surface area contributed by atoms with Crippen LogP contribution in [0.25, 0.3) is 0 Å². The Morgan fingerprint density at radius 2 is 1.90 bits per heavy atom. The second-order valence-electron chi connectivity index (χ2n) is 7.09. The van der Waals surface area contributed by atoms with E-state index in [1.165, 1.54) is 42.7 Å². The molecule has 0 unspecified atom stereocenters. The van der Waals surface area contributed by atoms with E-state index in [1.54, 1.807) is 6.92 Å². The van der Waals surface area contributed by atoms with Crippen LogP contribution in [0.4, 0.5) is 14.5 Å². The van der Waals surface area contributed by atoms with Crippen molar-refractivity contribution in [1.29, 1.82) is 0 Å². The van der Waals surface area contributed by atoms with Gasteiger partial charge in [0.15, 0.2) is 0 Å². The first-order valence-electron chi connectivity index (χ1n) is 9.02. The number of halogens is 2. The summed E-state index contributed by atoms with van der Waals surface area (Å²) in [4.78, 5) is 41.5. The van der Waals surface area contributed by atoms with E-state index >= 15 is 0 Å². The number of pyridine rings is 1. The Kier molecular flexibility index (Phi) is 5.86. The lowest BCUT2D eigenvalue weighted by molar-refractivity contribution is -0.148. The van der Waals surface area contributed by atoms with Gasteiger partial charge in [-0.25, -0.2) is 8.78 Å². The molecule has 9 heteroatoms. The van der Waals surface area contributed by atoms with Gasteiger partial charge < -0.3 is 16.0 Å². The van der Waals surface area contributed by atoms with E-state index in [0.717, 1.165) is 4.90 Å². The molecule has 3 rings (SSSR count). The molecule has 1 aromatic heterocycles. The highest BCUT2D eigenvalue weighted by Crippen LogP contribution is 2.36. The molecule has 1 aromatic carbocycles. The van der Waals surface area contributed by atoms with Crippen LogP contribution in [0.2, 0.25) is 0 Å². The molecule has 152 valence electrons. The van der Waals surface area contributed by atoms with E-state index in [1.807, 2.05) is 0 Å². The fourth-order valence-electron chi connectivity index (χ4n) is 3.45. The Morgan fingerprint density at radius 1 is 1.21 bits per heavy atom. The van der Waals surface area contributed by atoms with E-state index in [0.29, 0.717) is 5.56 Å². The van der Waals surface area contributed by atoms with E-state index in [-0.39, 0.29) is 30.1 Å². The van der Waals surface area contributed by atoms with Gasteiger partial charge in [0, 0.05) is 12.7 Å². The van der Waals surface area contributed by atoms with Crippen molar-refractivity contribution in [2.45, 2.75) is 25.6 Å². The number of benzene rings is 1. The van der Waals surface area contributed by atoms with Gasteiger partial charge in [0.25, 0.3) is 0 Å². The summed E-state index contributed by atoms with van der Waals surface area (Å²) < 4.78 is 28.1. The molecule has 7 nitrogen and oxygen atoms in total. The molecule has 1 aliphatic heterocycles. The zero-order chi connectivity index (χ0) is 21.1. The third kappa shape index (κ3) is 4.56. The van der Waals surface area contributed by atoms with Crippen LogP contribution >= 0.6 is 0 Å². The molecule has 1 fully saturated rings. The van der Waals surface area contributed by atoms with Crippen molar-refractivity contribution in [2.75, 3.05) is 11.9 Å². The first kappa shape index (κ1) is 20.4. The van der Waals surface area contributed by atoms with E-state index in [9.17, 15) is 23.2 Å². The fraction of sp³-hybridized carbons (Fsp3) is 0.300. The molecular weight excluding hydrogens is 382 g/mol. The molecule has 3 N–H and O–H groups in total. The summed E-state index contributed by atoms with van der Waals surface area (Å²) in [7, 11) is 0. The number of nitrogens with two attached hydrogens (primary N) is 1. The molecule has 0 aliphatic carbocycles. The van der Waals surface area contributed by atoms with E-state index in [4.69, 9.17) is 5.73 Å². The highest BCUT2D eigenvalue weighted by Gasteiger charge is 2.40. The Morgan fingerprint density at radius 3 is 2.55 bits per heavy atom. The molecule has 0 bridgehead atoms. The number of piperidine rings is 1. The van der Waals surface area contributed by atoms with Gasteiger partial charge in [-0.15, -0.1) is 0 Å². The average Bonchev–Trinajstić information content (AvgIpc) is 2.68. The summed E-state index contributed by atoms with van der Waals surface area (Å²) in [6.07, 6.45) is 1.30. The van der Waals surface area contributed by atoms with Gasteiger partial charge in [0.1, 0.15) is 12.0 Å². The van der Waals surface area contributed by atoms with Gasteiger partial charge in [-0.3, -0.25) is 19.4 Å². The average molecular weight is 402 g/mol. The van der Waals surface area contributed by atoms with Crippen molar-refractivity contribution in [3.63, 3.8) is 0 Å². The number of hydrogen-bond acceptors (Lipinski definition) is 4. The molecule has 2 aromatic rings. The van der Waals surface area contributed by atoms with Gasteiger partial charge in [-0.05, 0) is 36.1 Å². The summed E-state index contributed by atoms with van der Waals surface area (Å²) in [6.45, 7) is 1.96. The lowest BCUT2D eigenvalue weighted by Crippen LogP contribution is -2.50. The van der Waals surface area contributed by atoms with Gasteiger partial charge in [0.2, 0.25) is 5.91 Å². The smallest absolute Gasteiger partial charge is 0.313 e. The SMILES string of the molecule is C[C@@H]1C[C@@H](F)[C@@H](c2ccc(F)cc2)N(C(=O)C(=O)Nc2cncc(C(N)=O)c2)C1. The third-order valence-electron chi connectivity index (χ3n) is 4.76. The molecule has 1 aliphatic rings. The van der Waals surface area contributed by atoms with Crippen LogP contribution in [0.15, 0.2) is 42.7 Å². The standard InChI is InChI=1S/C20H20F2N4O3/c1-11-6-16(22)17(12-2-4-14(21)5-3-12)26(10-11)20(29)19(28)25-15-7-13(18(23)27)8-24-9-15/h2-5,7-9,11,16-17H,6,10H2,1H3,(H2,23,27)(H,25,28)/t11-,16-,17-/m1/s1. The van der Waals surface area contributed by atoms with Gasteiger partial charge in [-0.1, -0.05) is 19.1 Å². The van der Waals surface area contributed by atoms with Gasteiger partial charge in [-0.2, -0.15) is 0 Å². The zero-order valence-corrected chi connectivity index (χ0v) is 15.6. The van der Waals surface area contributed by atoms with Crippen molar-refractivity contribution >= 4 is 23.4 Å². The number of rotatable bonds is 3. The van der Waals surface area contributed by atoms with E-state index < -0.39 is 35.8 Å². The number of primary amides is 1. The molecule has 3 atom stereocenters. The van der Waals surface area contributed by atoms with Crippen molar-refractivity contribution in [3.8, 4) is 0 Å². The summed E-state index contributed by atoms with van der Waals surface area (Å²) >= 11 is 0. The minimum Gasteiger partial charge on any atom is -0.366 e. The number of nitrogens with zero attached hydrogens (tertiary/aromatic N) is 2. The predicted octanol–water partition coefficient (Wildman–Crippen LogP) is 2.21. The number of likely N-dealkylation sites (tertiary alicyclic amines) is 1. The number of nitrogens with one attached hydrogen (secondary N) is 1. The fourth-order valence-corrected chi connectivity index (χ4v) is 3.45. The molecule has 0 spiro atoms. The number of amides is 3. The quantitative estimate of drug-likeness (QED) is 0.768. The van der Waals surface area contributed by atoms with Crippen molar-refractivity contribution in [3.05, 3.63) is 59.7 Å². The normalized spacial score (nSPS) is 21.5. The number of carbonyl (C=O) groups is 3. The molecule has 2 heterocycles. The Balaban J connectivity index is 1.83. The number of alkyl halides is 1. The predicted molar refractivity (Wildman–Crippen MR) is 101 cm³/mol. The molecule has 0 saturated carbocycles. The third-order valence-corrected chi connectivity index (χ3v) is 4.76. The number of anilines is 1. The minimum absolute atomic E-state index is 0.0647. The van der Waals surface area contributed by atoms with Crippen molar-refractivity contribution in [2.24, 2.45) is 11.7 Å². The second kappa shape index (κ2) is 8.34. The van der Waals surface area contributed by atoms with Crippen molar-refractivity contribution < 1.29 is 23.2 Å². The minimum atomic E-state index is -1.40. The Bertz CT molecular complexity index is 936. The molecule has 29 heavy (non-hydrogen) atoms. The summed E-state index contributed by atoms with van der Waals surface area (Å²) in [5.41, 5.74) is 5.76. The zero-order valence-electron chi connectivity index (χ0n) is 15.6. The van der Waals surface area contributed by atoms with Crippen LogP contribution in [0.1, 0.15) is 35.3 Å². The highest BCUT2D eigenvalue weighted by atomic mass is 19.1. The lowest BCUT2D eigenvalue weighted by Gasteiger charge is -2.40. The van der Waals surface area contributed by atoms with Crippen LogP contribution in [0.3, 0.4) is 0 Å². The largest absolute Gasteiger partial charge is 0.366 e. The summed E-state index contributed by atoms with van der Waals surface area (Å²) in [5.74, 6) is -3.30. The van der Waals surface area contributed by atoms with E-state index in [2.05, 4.69) is 10.3 Å². The lowest BCUT2D eigenvalue weighted by atomic mass is 9.88. The van der Waals surface area contributed by atoms with Crippen molar-refractivity contribution in [1.82, 2.24) is 9.88 Å². The first-order chi connectivity index (χ1) is 13.8. The van der Waals surface area contributed by atoms with Crippen LogP contribution in [-0.4, -0.2) is 40.3 Å². The molecular formula is C20H20F2N4O3. The highest BCUT2D eigenvalue weighted by molar-refractivity contribution is 6.39. The number of hydrogen-bond donors (Lipinski definition) is 2. The topological polar surface area (TPSA) is 105 Å². The van der Waals surface area contributed by atoms with Crippen LogP contribution in [0.5, 0.6) is 0 Å². The van der Waals surface area contributed by atoms with Crippen LogP contribution in [0, 0.1) is 11.7 Å². The second-order valence-corrected chi connectivity index (χ2v) is 7.09. The Labute approximate surface area is 165 Å². The Hall–Kier alpha value is -3.36. The molecule has 0 radical (unpaired) electrons. The summed E-state index contributed by atoms with van der Waals surface area (Å²) in [5, 5.41) is 2.36. The van der Waals surface area contributed by atoms with Crippen LogP contribution < -0.4 is 11.1 Å². The molecule has 3 amide bonds. The summed E-state index contributed by atoms with van der Waals surface area (Å²) in [6, 6.07) is 5.46. The maximum atomic E-state index is 14.8. The monoisotopic (exact) mass is 402 g/mol.